The molecule has 9 rings (SSSR count). The fraction of sp³-hybridized carbons (Fsp3) is 0.0769. The molecule has 1 aliphatic carbocycles. The van der Waals surface area contributed by atoms with Gasteiger partial charge < -0.3 is 4.57 Å². The highest BCUT2D eigenvalue weighted by atomic mass is 15.1. The molecule has 8 aromatic rings. The van der Waals surface area contributed by atoms with E-state index in [1.165, 1.54) is 66.0 Å². The van der Waals surface area contributed by atoms with Gasteiger partial charge in [-0.3, -0.25) is 0 Å². The van der Waals surface area contributed by atoms with Crippen LogP contribution in [0.3, 0.4) is 0 Å². The van der Waals surface area contributed by atoms with Crippen molar-refractivity contribution in [2.45, 2.75) is 19.3 Å². The van der Waals surface area contributed by atoms with Crippen molar-refractivity contribution in [3.63, 3.8) is 0 Å². The fourth-order valence-corrected chi connectivity index (χ4v) is 7.33. The number of nitrogens with zero attached hydrogens (tertiary/aromatic N) is 3. The molecule has 3 heteroatoms. The topological polar surface area (TPSA) is 30.7 Å². The van der Waals surface area contributed by atoms with Crippen molar-refractivity contribution in [2.24, 2.45) is 0 Å². The Labute approximate surface area is 243 Å². The molecule has 0 fully saturated rings. The Balaban J connectivity index is 1.31. The zero-order valence-corrected chi connectivity index (χ0v) is 23.5. The van der Waals surface area contributed by atoms with E-state index in [1.807, 2.05) is 12.4 Å². The van der Waals surface area contributed by atoms with Gasteiger partial charge in [0, 0.05) is 27.0 Å². The molecule has 1 aliphatic rings. The predicted molar refractivity (Wildman–Crippen MR) is 174 cm³/mol. The lowest BCUT2D eigenvalue weighted by Gasteiger charge is -2.21. The first-order valence-corrected chi connectivity index (χ1v) is 14.5. The second-order valence-electron chi connectivity index (χ2n) is 11.9. The van der Waals surface area contributed by atoms with E-state index in [0.29, 0.717) is 0 Å². The van der Waals surface area contributed by atoms with Gasteiger partial charge in [0.05, 0.1) is 29.1 Å². The van der Waals surface area contributed by atoms with Crippen LogP contribution in [0.1, 0.15) is 25.0 Å². The van der Waals surface area contributed by atoms with E-state index in [4.69, 9.17) is 0 Å². The quantitative estimate of drug-likeness (QED) is 0.220. The first-order chi connectivity index (χ1) is 20.6. The van der Waals surface area contributed by atoms with Gasteiger partial charge in [-0.1, -0.05) is 98.8 Å². The Morgan fingerprint density at radius 2 is 1.21 bits per heavy atom. The molecule has 198 valence electrons. The van der Waals surface area contributed by atoms with Crippen LogP contribution in [-0.4, -0.2) is 14.8 Å². The minimum Gasteiger partial charge on any atom is -0.309 e. The van der Waals surface area contributed by atoms with Crippen LogP contribution in [0.4, 0.5) is 0 Å². The Hall–Kier alpha value is -5.28. The summed E-state index contributed by atoms with van der Waals surface area (Å²) in [6.45, 7) is 4.65. The maximum atomic E-state index is 4.37. The lowest BCUT2D eigenvalue weighted by Crippen LogP contribution is -2.14. The summed E-state index contributed by atoms with van der Waals surface area (Å²) in [5.41, 5.74) is 11.3. The molecule has 0 radical (unpaired) electrons. The summed E-state index contributed by atoms with van der Waals surface area (Å²) in [6.07, 6.45) is 3.84. The van der Waals surface area contributed by atoms with Gasteiger partial charge in [0.15, 0.2) is 0 Å². The van der Waals surface area contributed by atoms with Crippen LogP contribution in [0.15, 0.2) is 128 Å². The summed E-state index contributed by atoms with van der Waals surface area (Å²) < 4.78 is 2.40. The molecule has 42 heavy (non-hydrogen) atoms. The molecule has 0 spiro atoms. The average Bonchev–Trinajstić information content (AvgIpc) is 3.47. The lowest BCUT2D eigenvalue weighted by atomic mass is 9.82. The summed E-state index contributed by atoms with van der Waals surface area (Å²) in [5, 5.41) is 15.9. The lowest BCUT2D eigenvalue weighted by molar-refractivity contribution is 0.660. The fourth-order valence-electron chi connectivity index (χ4n) is 7.33. The Kier molecular flexibility index (Phi) is 4.67. The molecule has 3 nitrogen and oxygen atoms in total. The zero-order chi connectivity index (χ0) is 28.0. The van der Waals surface area contributed by atoms with Crippen molar-refractivity contribution in [3.8, 4) is 27.9 Å². The molecule has 0 aliphatic heterocycles. The first-order valence-electron chi connectivity index (χ1n) is 14.5. The number of para-hydroxylation sites is 1. The van der Waals surface area contributed by atoms with Crippen LogP contribution >= 0.6 is 0 Å². The number of fused-ring (bicyclic) bond motifs is 8. The summed E-state index contributed by atoms with van der Waals surface area (Å²) in [6, 6.07) is 42.2. The molecular formula is C39H27N3. The predicted octanol–water partition coefficient (Wildman–Crippen LogP) is 9.85. The van der Waals surface area contributed by atoms with E-state index < -0.39 is 0 Å². The van der Waals surface area contributed by atoms with Gasteiger partial charge in [-0.25, -0.2) is 0 Å². The van der Waals surface area contributed by atoms with Crippen LogP contribution < -0.4 is 0 Å². The van der Waals surface area contributed by atoms with Gasteiger partial charge in [-0.15, -0.1) is 0 Å². The van der Waals surface area contributed by atoms with Crippen molar-refractivity contribution in [3.05, 3.63) is 139 Å². The normalized spacial score (nSPS) is 13.7. The first kappa shape index (κ1) is 23.4. The Morgan fingerprint density at radius 1 is 0.500 bits per heavy atom. The van der Waals surface area contributed by atoms with Gasteiger partial charge in [-0.2, -0.15) is 10.2 Å². The van der Waals surface area contributed by atoms with Crippen molar-refractivity contribution in [1.82, 2.24) is 14.8 Å². The van der Waals surface area contributed by atoms with Crippen LogP contribution in [0.5, 0.6) is 0 Å². The smallest absolute Gasteiger partial charge is 0.0596 e. The zero-order valence-electron chi connectivity index (χ0n) is 23.5. The van der Waals surface area contributed by atoms with E-state index >= 15 is 0 Å². The summed E-state index contributed by atoms with van der Waals surface area (Å²) in [7, 11) is 0. The van der Waals surface area contributed by atoms with Crippen molar-refractivity contribution < 1.29 is 0 Å². The van der Waals surface area contributed by atoms with Crippen LogP contribution in [0, 0.1) is 0 Å². The molecule has 2 heterocycles. The number of aromatic nitrogens is 3. The van der Waals surface area contributed by atoms with Gasteiger partial charge in [0.2, 0.25) is 0 Å². The molecule has 0 saturated heterocycles. The van der Waals surface area contributed by atoms with Gasteiger partial charge in [0.1, 0.15) is 0 Å². The molecule has 0 unspecified atom stereocenters. The molecule has 0 N–H and O–H groups in total. The Bertz CT molecular complexity index is 2390. The third kappa shape index (κ3) is 3.11. The van der Waals surface area contributed by atoms with E-state index in [2.05, 4.69) is 144 Å². The highest BCUT2D eigenvalue weighted by Gasteiger charge is 2.35. The second kappa shape index (κ2) is 8.37. The Morgan fingerprint density at radius 3 is 2.10 bits per heavy atom. The van der Waals surface area contributed by atoms with E-state index in [1.54, 1.807) is 0 Å². The van der Waals surface area contributed by atoms with E-state index in [0.717, 1.165) is 16.5 Å². The molecule has 0 saturated carbocycles. The molecule has 0 bridgehead atoms. The summed E-state index contributed by atoms with van der Waals surface area (Å²) in [4.78, 5) is 0. The van der Waals surface area contributed by atoms with Crippen molar-refractivity contribution >= 4 is 43.4 Å². The van der Waals surface area contributed by atoms with Crippen LogP contribution in [-0.2, 0) is 5.41 Å². The number of rotatable bonds is 2. The highest BCUT2D eigenvalue weighted by molar-refractivity contribution is 6.15. The molecule has 6 aromatic carbocycles. The van der Waals surface area contributed by atoms with Crippen LogP contribution in [0.2, 0.25) is 0 Å². The highest BCUT2D eigenvalue weighted by Crippen LogP contribution is 2.50. The summed E-state index contributed by atoms with van der Waals surface area (Å²) >= 11 is 0. The molecule has 0 amide bonds. The maximum absolute atomic E-state index is 4.37. The van der Waals surface area contributed by atoms with Gasteiger partial charge in [-0.05, 0) is 74.5 Å². The average molecular weight is 538 g/mol. The van der Waals surface area contributed by atoms with E-state index in [9.17, 15) is 0 Å². The summed E-state index contributed by atoms with van der Waals surface area (Å²) in [5.74, 6) is 0. The van der Waals surface area contributed by atoms with E-state index in [-0.39, 0.29) is 5.41 Å². The number of hydrogen-bond acceptors (Lipinski definition) is 2. The maximum Gasteiger partial charge on any atom is 0.0596 e. The SMILES string of the molecule is CC1(C)c2ccccc2-c2cc(-c3ccc(-n4c5ccccc5c5cc6ccccc6cc54)c4cnncc34)ccc21. The van der Waals surface area contributed by atoms with Gasteiger partial charge in [0.25, 0.3) is 0 Å². The second-order valence-corrected chi connectivity index (χ2v) is 11.9. The number of benzene rings is 6. The monoisotopic (exact) mass is 537 g/mol. The van der Waals surface area contributed by atoms with Crippen molar-refractivity contribution in [2.75, 3.05) is 0 Å². The van der Waals surface area contributed by atoms with Gasteiger partial charge >= 0.3 is 0 Å². The van der Waals surface area contributed by atoms with Crippen molar-refractivity contribution in [1.29, 1.82) is 0 Å². The minimum atomic E-state index is -0.0113. The standard InChI is InChI=1S/C39H27N3/c1-39(2)34-13-7-5-11-28(34)30-20-26(15-17-35(30)39)27-16-18-37(33-23-41-40-22-32(27)33)42-36-14-8-6-12-29(36)31-19-24-9-3-4-10-25(24)21-38(31)42/h3-23H,1-2H3. The number of hydrogen-bond donors (Lipinski definition) is 0. The minimum absolute atomic E-state index is 0.0113. The largest absolute Gasteiger partial charge is 0.309 e. The molecular weight excluding hydrogens is 510 g/mol. The third-order valence-corrected chi connectivity index (χ3v) is 9.38. The third-order valence-electron chi connectivity index (χ3n) is 9.38. The molecule has 2 aromatic heterocycles. The van der Waals surface area contributed by atoms with Crippen LogP contribution in [0.25, 0.3) is 71.3 Å². The molecule has 0 atom stereocenters.